The van der Waals surface area contributed by atoms with E-state index in [0.717, 1.165) is 31.2 Å². The summed E-state index contributed by atoms with van der Waals surface area (Å²) in [7, 11) is 1.77. The van der Waals surface area contributed by atoms with Gasteiger partial charge in [0.25, 0.3) is 0 Å². The van der Waals surface area contributed by atoms with Gasteiger partial charge >= 0.3 is 0 Å². The van der Waals surface area contributed by atoms with Gasteiger partial charge in [0.2, 0.25) is 5.96 Å². The monoisotopic (exact) mass is 239 g/mol. The maximum atomic E-state index is 5.74. The fraction of sp³-hybridized carbons (Fsp3) is 0.400. The molecule has 0 amide bonds. The number of rotatable bonds is 2. The van der Waals surface area contributed by atoms with E-state index in [0.29, 0.717) is 5.15 Å². The van der Waals surface area contributed by atoms with E-state index in [9.17, 15) is 0 Å². The molecule has 2 N–H and O–H groups in total. The van der Waals surface area contributed by atoms with Gasteiger partial charge in [0, 0.05) is 32.9 Å². The molecule has 0 radical (unpaired) electrons. The molecule has 86 valence electrons. The minimum atomic E-state index is 0.520. The van der Waals surface area contributed by atoms with E-state index >= 15 is 0 Å². The Hall–Kier alpha value is -1.33. The first kappa shape index (κ1) is 11.2. The number of nitrogens with one attached hydrogen (secondary N) is 2. The number of pyridine rings is 1. The highest BCUT2D eigenvalue weighted by Gasteiger charge is 2.14. The predicted octanol–water partition coefficient (Wildman–Crippen LogP) is 0.631. The Morgan fingerprint density at radius 3 is 3.12 bits per heavy atom. The first-order chi connectivity index (χ1) is 7.79. The van der Waals surface area contributed by atoms with E-state index in [4.69, 9.17) is 11.6 Å². The minimum Gasteiger partial charge on any atom is -0.336 e. The van der Waals surface area contributed by atoms with Gasteiger partial charge in [-0.25, -0.2) is 10.4 Å². The Morgan fingerprint density at radius 2 is 2.44 bits per heavy atom. The highest BCUT2D eigenvalue weighted by atomic mass is 35.5. The Kier molecular flexibility index (Phi) is 3.58. The van der Waals surface area contributed by atoms with Crippen LogP contribution in [0.5, 0.6) is 0 Å². The second kappa shape index (κ2) is 5.14. The molecule has 0 unspecified atom stereocenters. The van der Waals surface area contributed by atoms with Gasteiger partial charge in [-0.15, -0.1) is 0 Å². The average molecular weight is 240 g/mol. The molecule has 1 aromatic rings. The van der Waals surface area contributed by atoms with Crippen molar-refractivity contribution < 1.29 is 0 Å². The molecule has 0 atom stereocenters. The summed E-state index contributed by atoms with van der Waals surface area (Å²) in [5.41, 5.74) is 7.20. The molecule has 1 aliphatic rings. The Balaban J connectivity index is 2.05. The van der Waals surface area contributed by atoms with E-state index in [1.54, 1.807) is 19.3 Å². The lowest BCUT2D eigenvalue weighted by molar-refractivity contribution is 0.341. The van der Waals surface area contributed by atoms with Gasteiger partial charge in [0.05, 0.1) is 0 Å². The van der Waals surface area contributed by atoms with Crippen molar-refractivity contribution in [1.29, 1.82) is 0 Å². The molecule has 0 aromatic carbocycles. The van der Waals surface area contributed by atoms with Gasteiger partial charge in [-0.2, -0.15) is 0 Å². The van der Waals surface area contributed by atoms with Gasteiger partial charge in [-0.3, -0.25) is 10.4 Å². The van der Waals surface area contributed by atoms with Gasteiger partial charge < -0.3 is 4.90 Å². The van der Waals surface area contributed by atoms with Crippen molar-refractivity contribution in [1.82, 2.24) is 20.7 Å². The highest BCUT2D eigenvalue weighted by Crippen LogP contribution is 2.08. The molecule has 2 heterocycles. The summed E-state index contributed by atoms with van der Waals surface area (Å²) in [5, 5.41) is 0.520. The second-order valence-electron chi connectivity index (χ2n) is 3.51. The molecule has 1 saturated heterocycles. The number of hydrogen-bond donors (Lipinski definition) is 2. The zero-order valence-electron chi connectivity index (χ0n) is 9.07. The first-order valence-corrected chi connectivity index (χ1v) is 5.48. The summed E-state index contributed by atoms with van der Waals surface area (Å²) in [5.74, 6) is 0.848. The van der Waals surface area contributed by atoms with Crippen molar-refractivity contribution in [3.8, 4) is 0 Å². The van der Waals surface area contributed by atoms with Crippen LogP contribution >= 0.6 is 11.6 Å². The lowest BCUT2D eigenvalue weighted by atomic mass is 10.2. The third kappa shape index (κ3) is 2.62. The maximum absolute atomic E-state index is 5.74. The number of aromatic nitrogens is 1. The predicted molar refractivity (Wildman–Crippen MR) is 64.2 cm³/mol. The lowest BCUT2D eigenvalue weighted by Crippen LogP contribution is -2.55. The van der Waals surface area contributed by atoms with Crippen LogP contribution < -0.4 is 10.9 Å². The van der Waals surface area contributed by atoms with Crippen LogP contribution in [0.1, 0.15) is 5.56 Å². The molecule has 2 rings (SSSR count). The van der Waals surface area contributed by atoms with Crippen LogP contribution in [-0.2, 0) is 6.54 Å². The van der Waals surface area contributed by atoms with Crippen LogP contribution in [0.3, 0.4) is 0 Å². The molecule has 0 saturated carbocycles. The standard InChI is InChI=1S/C10H14ClN5/c1-12-10-15-14-4-5-16(10)7-8-2-3-9(11)13-6-8/h2-3,6,14H,4-5,7H2,1H3,(H,12,15). The molecule has 6 heteroatoms. The van der Waals surface area contributed by atoms with Crippen molar-refractivity contribution in [3.63, 3.8) is 0 Å². The van der Waals surface area contributed by atoms with E-state index < -0.39 is 0 Å². The fourth-order valence-electron chi connectivity index (χ4n) is 1.59. The average Bonchev–Trinajstić information content (AvgIpc) is 2.33. The highest BCUT2D eigenvalue weighted by molar-refractivity contribution is 6.29. The second-order valence-corrected chi connectivity index (χ2v) is 3.90. The third-order valence-electron chi connectivity index (χ3n) is 2.38. The van der Waals surface area contributed by atoms with Gasteiger partial charge in [0.15, 0.2) is 0 Å². The van der Waals surface area contributed by atoms with Gasteiger partial charge in [-0.1, -0.05) is 17.7 Å². The summed E-state index contributed by atoms with van der Waals surface area (Å²) in [6.45, 7) is 2.59. The molecule has 1 aromatic heterocycles. The first-order valence-electron chi connectivity index (χ1n) is 5.10. The molecule has 1 aliphatic heterocycles. The summed E-state index contributed by atoms with van der Waals surface area (Å²) < 4.78 is 0. The van der Waals surface area contributed by atoms with Crippen molar-refractivity contribution >= 4 is 17.6 Å². The number of guanidine groups is 1. The molecule has 1 fully saturated rings. The number of nitrogens with zero attached hydrogens (tertiary/aromatic N) is 3. The van der Waals surface area contributed by atoms with Crippen LogP contribution in [0.15, 0.2) is 23.3 Å². The van der Waals surface area contributed by atoms with E-state index in [1.807, 2.05) is 6.07 Å². The minimum absolute atomic E-state index is 0.520. The smallest absolute Gasteiger partial charge is 0.208 e. The Bertz CT molecular complexity index is 375. The van der Waals surface area contributed by atoms with E-state index in [-0.39, 0.29) is 0 Å². The Morgan fingerprint density at radius 1 is 1.56 bits per heavy atom. The molecule has 16 heavy (non-hydrogen) atoms. The molecular weight excluding hydrogens is 226 g/mol. The summed E-state index contributed by atoms with van der Waals surface area (Å²) >= 11 is 5.74. The lowest BCUT2D eigenvalue weighted by Gasteiger charge is -2.31. The number of halogens is 1. The number of hydrogen-bond acceptors (Lipinski definition) is 3. The SMILES string of the molecule is CN=C1NNCCN1Cc1ccc(Cl)nc1. The van der Waals surface area contributed by atoms with Crippen LogP contribution in [-0.4, -0.2) is 36.0 Å². The van der Waals surface area contributed by atoms with Crippen LogP contribution in [0.2, 0.25) is 5.15 Å². The normalized spacial score (nSPS) is 18.6. The third-order valence-corrected chi connectivity index (χ3v) is 2.60. The van der Waals surface area contributed by atoms with Crippen LogP contribution in [0.4, 0.5) is 0 Å². The molecule has 0 spiro atoms. The molecule has 0 bridgehead atoms. The van der Waals surface area contributed by atoms with Crippen molar-refractivity contribution in [2.45, 2.75) is 6.54 Å². The van der Waals surface area contributed by atoms with Crippen LogP contribution in [0, 0.1) is 0 Å². The molecule has 5 nitrogen and oxygen atoms in total. The fourth-order valence-corrected chi connectivity index (χ4v) is 1.70. The topological polar surface area (TPSA) is 52.6 Å². The van der Waals surface area contributed by atoms with Crippen molar-refractivity contribution in [3.05, 3.63) is 29.0 Å². The van der Waals surface area contributed by atoms with Crippen molar-refractivity contribution in [2.24, 2.45) is 4.99 Å². The van der Waals surface area contributed by atoms with Gasteiger partial charge in [-0.05, 0) is 11.6 Å². The van der Waals surface area contributed by atoms with Crippen molar-refractivity contribution in [2.75, 3.05) is 20.1 Å². The number of aliphatic imine (C=N–C) groups is 1. The van der Waals surface area contributed by atoms with Crippen LogP contribution in [0.25, 0.3) is 0 Å². The van der Waals surface area contributed by atoms with E-state index in [1.165, 1.54) is 0 Å². The summed E-state index contributed by atoms with van der Waals surface area (Å²) in [6, 6.07) is 3.78. The molecule has 0 aliphatic carbocycles. The van der Waals surface area contributed by atoms with Gasteiger partial charge in [0.1, 0.15) is 5.15 Å². The Labute approximate surface area is 99.5 Å². The van der Waals surface area contributed by atoms with E-state index in [2.05, 4.69) is 25.7 Å². The quantitative estimate of drug-likeness (QED) is 0.744. The zero-order chi connectivity index (χ0) is 11.4. The summed E-state index contributed by atoms with van der Waals surface area (Å²) in [4.78, 5) is 10.4. The zero-order valence-corrected chi connectivity index (χ0v) is 9.83. The summed E-state index contributed by atoms with van der Waals surface area (Å²) in [6.07, 6.45) is 1.79. The maximum Gasteiger partial charge on any atom is 0.208 e. The molecular formula is C10H14ClN5. The largest absolute Gasteiger partial charge is 0.336 e. The number of hydrazine groups is 1.